The minimum absolute atomic E-state index is 0.179. The highest BCUT2D eigenvalue weighted by Crippen LogP contribution is 2.14. The summed E-state index contributed by atoms with van der Waals surface area (Å²) in [6.45, 7) is 0.425. The molecule has 1 aromatic heterocycles. The fourth-order valence-electron chi connectivity index (χ4n) is 4.04. The van der Waals surface area contributed by atoms with E-state index in [0.29, 0.717) is 30.5 Å². The molecule has 0 aliphatic rings. The summed E-state index contributed by atoms with van der Waals surface area (Å²) in [6, 6.07) is 17.6. The van der Waals surface area contributed by atoms with E-state index in [-0.39, 0.29) is 12.8 Å². The summed E-state index contributed by atoms with van der Waals surface area (Å²) in [5.74, 6) is -2.26. The van der Waals surface area contributed by atoms with Crippen molar-refractivity contribution in [3.8, 4) is 0 Å². The number of aromatic nitrogens is 1. The zero-order valence-electron chi connectivity index (χ0n) is 21.6. The average molecular weight is 531 g/mol. The van der Waals surface area contributed by atoms with E-state index in [0.717, 1.165) is 5.56 Å². The van der Waals surface area contributed by atoms with Crippen molar-refractivity contribution in [3.63, 3.8) is 0 Å². The van der Waals surface area contributed by atoms with Crippen molar-refractivity contribution >= 4 is 23.6 Å². The molecule has 3 aromatic rings. The molecule has 0 saturated carbocycles. The molecule has 0 fully saturated rings. The number of primary amides is 1. The Balaban J connectivity index is 1.80. The van der Waals surface area contributed by atoms with Crippen LogP contribution in [0.4, 0.5) is 0 Å². The standard InChI is InChI=1S/C29H34N6O4/c30-16-8-7-13-23(28(38)35-25(26(31)36)21-9-3-1-4-10-21)33-29(39)24(19-20-14-17-32-18-15-20)34-27(37)22-11-5-2-6-12-22/h1-6,9-12,14-15,17-18,23-25H,7-8,13,16,19,30H2,(H2,31,36)(H,33,39)(H,34,37)(H,35,38)/t23-,24-,25-/m0/s1. The van der Waals surface area contributed by atoms with Crippen LogP contribution in [0.25, 0.3) is 0 Å². The molecule has 1 heterocycles. The Labute approximate surface area is 227 Å². The van der Waals surface area contributed by atoms with E-state index in [2.05, 4.69) is 20.9 Å². The van der Waals surface area contributed by atoms with Crippen LogP contribution in [-0.2, 0) is 20.8 Å². The number of amides is 4. The first-order valence-electron chi connectivity index (χ1n) is 12.8. The van der Waals surface area contributed by atoms with Gasteiger partial charge in [0.2, 0.25) is 17.7 Å². The van der Waals surface area contributed by atoms with E-state index in [1.165, 1.54) is 0 Å². The first-order chi connectivity index (χ1) is 18.9. The van der Waals surface area contributed by atoms with Crippen LogP contribution in [0.2, 0.25) is 0 Å². The van der Waals surface area contributed by atoms with Crippen LogP contribution in [0.3, 0.4) is 0 Å². The van der Waals surface area contributed by atoms with E-state index in [1.807, 2.05) is 0 Å². The van der Waals surface area contributed by atoms with Crippen molar-refractivity contribution in [2.75, 3.05) is 6.54 Å². The van der Waals surface area contributed by atoms with Crippen LogP contribution >= 0.6 is 0 Å². The zero-order chi connectivity index (χ0) is 28.0. The second kappa shape index (κ2) is 15.0. The topological polar surface area (TPSA) is 169 Å². The molecule has 0 aliphatic heterocycles. The summed E-state index contributed by atoms with van der Waals surface area (Å²) < 4.78 is 0. The zero-order valence-corrected chi connectivity index (χ0v) is 21.6. The van der Waals surface area contributed by atoms with Crippen molar-refractivity contribution < 1.29 is 19.2 Å². The van der Waals surface area contributed by atoms with Gasteiger partial charge in [0.15, 0.2) is 0 Å². The Kier molecular flexibility index (Phi) is 11.1. The van der Waals surface area contributed by atoms with Gasteiger partial charge in [0.05, 0.1) is 0 Å². The van der Waals surface area contributed by atoms with E-state index in [4.69, 9.17) is 11.5 Å². The van der Waals surface area contributed by atoms with Crippen molar-refractivity contribution in [2.45, 2.75) is 43.8 Å². The van der Waals surface area contributed by atoms with Crippen LogP contribution in [0, 0.1) is 0 Å². The van der Waals surface area contributed by atoms with Crippen LogP contribution in [0.15, 0.2) is 85.2 Å². The summed E-state index contributed by atoms with van der Waals surface area (Å²) in [7, 11) is 0. The third-order valence-electron chi connectivity index (χ3n) is 6.13. The molecule has 0 aliphatic carbocycles. The number of benzene rings is 2. The van der Waals surface area contributed by atoms with Gasteiger partial charge in [-0.3, -0.25) is 24.2 Å². The highest BCUT2D eigenvalue weighted by Gasteiger charge is 2.29. The highest BCUT2D eigenvalue weighted by molar-refractivity contribution is 5.98. The third kappa shape index (κ3) is 9.04. The Morgan fingerprint density at radius 1 is 0.744 bits per heavy atom. The maximum Gasteiger partial charge on any atom is 0.251 e. The normalized spacial score (nSPS) is 12.9. The third-order valence-corrected chi connectivity index (χ3v) is 6.13. The molecule has 204 valence electrons. The van der Waals surface area contributed by atoms with Crippen LogP contribution < -0.4 is 27.4 Å². The van der Waals surface area contributed by atoms with Crippen LogP contribution in [0.1, 0.15) is 46.8 Å². The predicted molar refractivity (Wildman–Crippen MR) is 147 cm³/mol. The van der Waals surface area contributed by atoms with Gasteiger partial charge in [-0.2, -0.15) is 0 Å². The minimum atomic E-state index is -1.07. The van der Waals surface area contributed by atoms with E-state index in [9.17, 15) is 19.2 Å². The number of nitrogens with one attached hydrogen (secondary N) is 3. The highest BCUT2D eigenvalue weighted by atomic mass is 16.2. The van der Waals surface area contributed by atoms with E-state index in [1.54, 1.807) is 85.2 Å². The lowest BCUT2D eigenvalue weighted by Crippen LogP contribution is -2.55. The van der Waals surface area contributed by atoms with Gasteiger partial charge in [0.25, 0.3) is 5.91 Å². The number of carbonyl (C=O) groups is 4. The quantitative estimate of drug-likeness (QED) is 0.197. The summed E-state index contributed by atoms with van der Waals surface area (Å²) in [6.07, 6.45) is 4.86. The molecule has 3 atom stereocenters. The summed E-state index contributed by atoms with van der Waals surface area (Å²) in [5.41, 5.74) is 12.9. The molecule has 4 amide bonds. The lowest BCUT2D eigenvalue weighted by molar-refractivity contribution is -0.132. The molecule has 0 saturated heterocycles. The molecule has 39 heavy (non-hydrogen) atoms. The molecule has 0 radical (unpaired) electrons. The number of nitrogens with two attached hydrogens (primary N) is 2. The second-order valence-corrected chi connectivity index (χ2v) is 9.05. The maximum atomic E-state index is 13.5. The minimum Gasteiger partial charge on any atom is -0.368 e. The molecule has 10 nitrogen and oxygen atoms in total. The van der Waals surface area contributed by atoms with Crippen molar-refractivity contribution in [2.24, 2.45) is 11.5 Å². The smallest absolute Gasteiger partial charge is 0.251 e. The lowest BCUT2D eigenvalue weighted by atomic mass is 10.0. The van der Waals surface area contributed by atoms with Gasteiger partial charge in [-0.05, 0) is 61.2 Å². The first kappa shape index (κ1) is 29.0. The molecule has 2 aromatic carbocycles. The first-order valence-corrected chi connectivity index (χ1v) is 12.8. The SMILES string of the molecule is NCCCC[C@H](NC(=O)[C@H](Cc1ccncc1)NC(=O)c1ccccc1)C(=O)N[C@H](C(N)=O)c1ccccc1. The van der Waals surface area contributed by atoms with Crippen LogP contribution in [-0.4, -0.2) is 47.2 Å². The molecule has 3 rings (SSSR count). The fourth-order valence-corrected chi connectivity index (χ4v) is 4.04. The number of pyridine rings is 1. The number of hydrogen-bond donors (Lipinski definition) is 5. The molecular formula is C29H34N6O4. The Hall–Kier alpha value is -4.57. The second-order valence-electron chi connectivity index (χ2n) is 9.05. The van der Waals surface area contributed by atoms with E-state index < -0.39 is 41.8 Å². The number of carbonyl (C=O) groups excluding carboxylic acids is 4. The summed E-state index contributed by atoms with van der Waals surface area (Å²) >= 11 is 0. The summed E-state index contributed by atoms with van der Waals surface area (Å²) in [4.78, 5) is 55.9. The number of unbranched alkanes of at least 4 members (excludes halogenated alkanes) is 1. The van der Waals surface area contributed by atoms with Gasteiger partial charge in [-0.25, -0.2) is 0 Å². The van der Waals surface area contributed by atoms with E-state index >= 15 is 0 Å². The lowest BCUT2D eigenvalue weighted by Gasteiger charge is -2.25. The Morgan fingerprint density at radius 3 is 1.97 bits per heavy atom. The monoisotopic (exact) mass is 530 g/mol. The number of hydrogen-bond acceptors (Lipinski definition) is 6. The fraction of sp³-hybridized carbons (Fsp3) is 0.276. The van der Waals surface area contributed by atoms with Gasteiger partial charge in [0, 0.05) is 24.4 Å². The molecule has 7 N–H and O–H groups in total. The predicted octanol–water partition coefficient (Wildman–Crippen LogP) is 1.38. The average Bonchev–Trinajstić information content (AvgIpc) is 2.96. The number of rotatable bonds is 14. The van der Waals surface area contributed by atoms with Gasteiger partial charge in [-0.15, -0.1) is 0 Å². The molecule has 0 spiro atoms. The van der Waals surface area contributed by atoms with Crippen molar-refractivity contribution in [1.82, 2.24) is 20.9 Å². The number of nitrogens with zero attached hydrogens (tertiary/aromatic N) is 1. The van der Waals surface area contributed by atoms with Gasteiger partial charge in [-0.1, -0.05) is 48.5 Å². The van der Waals surface area contributed by atoms with Gasteiger partial charge >= 0.3 is 0 Å². The maximum absolute atomic E-state index is 13.5. The molecule has 0 unspecified atom stereocenters. The Bertz CT molecular complexity index is 1220. The van der Waals surface area contributed by atoms with Crippen molar-refractivity contribution in [1.29, 1.82) is 0 Å². The Morgan fingerprint density at radius 2 is 1.36 bits per heavy atom. The van der Waals surface area contributed by atoms with Crippen molar-refractivity contribution in [3.05, 3.63) is 102 Å². The molecular weight excluding hydrogens is 496 g/mol. The van der Waals surface area contributed by atoms with Gasteiger partial charge in [0.1, 0.15) is 18.1 Å². The largest absolute Gasteiger partial charge is 0.368 e. The van der Waals surface area contributed by atoms with Crippen LogP contribution in [0.5, 0.6) is 0 Å². The van der Waals surface area contributed by atoms with Gasteiger partial charge < -0.3 is 27.4 Å². The summed E-state index contributed by atoms with van der Waals surface area (Å²) in [5, 5.41) is 8.22. The molecule has 0 bridgehead atoms. The molecule has 10 heteroatoms.